The van der Waals surface area contributed by atoms with E-state index in [9.17, 15) is 9.59 Å². The van der Waals surface area contributed by atoms with Crippen LogP contribution in [0.1, 0.15) is 36.3 Å². The first kappa shape index (κ1) is 19.1. The molecule has 156 valence electrons. The Balaban J connectivity index is 1.46. The van der Waals surface area contributed by atoms with Gasteiger partial charge in [-0.15, -0.1) is 0 Å². The highest BCUT2D eigenvalue weighted by atomic mass is 16.2. The van der Waals surface area contributed by atoms with Crippen molar-refractivity contribution in [1.82, 2.24) is 19.4 Å². The Hall–Kier alpha value is -2.86. The molecular weight excluding hydrogens is 376 g/mol. The molecule has 2 aliphatic heterocycles. The van der Waals surface area contributed by atoms with Gasteiger partial charge in [-0.1, -0.05) is 36.4 Å². The van der Waals surface area contributed by atoms with Gasteiger partial charge in [-0.3, -0.25) is 18.8 Å². The molecule has 3 aromatic rings. The Labute approximate surface area is 176 Å². The Morgan fingerprint density at radius 1 is 1.03 bits per heavy atom. The molecule has 1 spiro atoms. The number of benzene rings is 2. The van der Waals surface area contributed by atoms with Crippen LogP contribution in [0.4, 0.5) is 0 Å². The lowest BCUT2D eigenvalue weighted by Gasteiger charge is -2.39. The molecule has 6 heteroatoms. The molecule has 0 unspecified atom stereocenters. The molecular formula is C24H28N4O2. The Morgan fingerprint density at radius 2 is 1.80 bits per heavy atom. The standard InChI is InChI=1S/C24H28N4O2/c1-26-20-11-10-17(13-21(20)27(2)23(26)30)14-28-15-19(18-7-4-3-5-8-18)24(16-28)12-6-9-22(29)25-24/h3-5,7-8,10-11,13,19H,6,9,12,14-16H2,1-2H3,(H,25,29)/t19-,24+/m0/s1. The van der Waals surface area contributed by atoms with Gasteiger partial charge in [0.1, 0.15) is 0 Å². The Morgan fingerprint density at radius 3 is 2.57 bits per heavy atom. The monoisotopic (exact) mass is 404 g/mol. The SMILES string of the molecule is Cn1c(=O)n(C)c2cc(CN3C[C@@H](c4ccccc4)[C@@]4(CCCC(=O)N4)C3)ccc21. The van der Waals surface area contributed by atoms with E-state index >= 15 is 0 Å². The van der Waals surface area contributed by atoms with Crippen molar-refractivity contribution in [2.75, 3.05) is 13.1 Å². The van der Waals surface area contributed by atoms with Gasteiger partial charge in [0.05, 0.1) is 16.6 Å². The first-order valence-electron chi connectivity index (χ1n) is 10.7. The second-order valence-electron chi connectivity index (χ2n) is 8.91. The molecule has 2 atom stereocenters. The largest absolute Gasteiger partial charge is 0.349 e. The molecule has 1 aromatic heterocycles. The fourth-order valence-corrected chi connectivity index (χ4v) is 5.49. The molecule has 2 aromatic carbocycles. The lowest BCUT2D eigenvalue weighted by atomic mass is 9.76. The van der Waals surface area contributed by atoms with Gasteiger partial charge in [-0.2, -0.15) is 0 Å². The summed E-state index contributed by atoms with van der Waals surface area (Å²) >= 11 is 0. The summed E-state index contributed by atoms with van der Waals surface area (Å²) < 4.78 is 3.39. The van der Waals surface area contributed by atoms with E-state index in [-0.39, 0.29) is 23.1 Å². The molecule has 1 amide bonds. The van der Waals surface area contributed by atoms with Crippen molar-refractivity contribution in [3.05, 3.63) is 70.1 Å². The molecule has 0 radical (unpaired) electrons. The maximum atomic E-state index is 12.3. The topological polar surface area (TPSA) is 59.3 Å². The minimum atomic E-state index is -0.194. The van der Waals surface area contributed by atoms with E-state index in [0.29, 0.717) is 6.42 Å². The highest BCUT2D eigenvalue weighted by molar-refractivity contribution is 5.78. The first-order valence-corrected chi connectivity index (χ1v) is 10.7. The molecule has 0 saturated carbocycles. The summed E-state index contributed by atoms with van der Waals surface area (Å²) in [5, 5.41) is 3.38. The van der Waals surface area contributed by atoms with Crippen LogP contribution in [0, 0.1) is 0 Å². The van der Waals surface area contributed by atoms with Crippen molar-refractivity contribution < 1.29 is 4.79 Å². The average molecular weight is 405 g/mol. The number of likely N-dealkylation sites (tertiary alicyclic amines) is 1. The van der Waals surface area contributed by atoms with Crippen LogP contribution >= 0.6 is 0 Å². The van der Waals surface area contributed by atoms with Crippen molar-refractivity contribution in [2.45, 2.75) is 37.3 Å². The van der Waals surface area contributed by atoms with Gasteiger partial charge in [0.2, 0.25) is 5.91 Å². The van der Waals surface area contributed by atoms with E-state index in [4.69, 9.17) is 0 Å². The maximum Gasteiger partial charge on any atom is 0.328 e. The average Bonchev–Trinajstić information content (AvgIpc) is 3.18. The smallest absolute Gasteiger partial charge is 0.328 e. The molecule has 2 fully saturated rings. The fourth-order valence-electron chi connectivity index (χ4n) is 5.49. The minimum Gasteiger partial charge on any atom is -0.349 e. The van der Waals surface area contributed by atoms with Gasteiger partial charge < -0.3 is 5.32 Å². The summed E-state index contributed by atoms with van der Waals surface area (Å²) in [6.07, 6.45) is 2.59. The lowest BCUT2D eigenvalue weighted by Crippen LogP contribution is -2.56. The summed E-state index contributed by atoms with van der Waals surface area (Å²) in [7, 11) is 3.63. The molecule has 0 aliphatic carbocycles. The van der Waals surface area contributed by atoms with E-state index in [1.54, 1.807) is 9.13 Å². The van der Waals surface area contributed by atoms with Gasteiger partial charge >= 0.3 is 5.69 Å². The van der Waals surface area contributed by atoms with Crippen molar-refractivity contribution in [2.24, 2.45) is 14.1 Å². The third kappa shape index (κ3) is 3.06. The normalized spacial score (nSPS) is 24.6. The van der Waals surface area contributed by atoms with Gasteiger partial charge in [0.25, 0.3) is 0 Å². The van der Waals surface area contributed by atoms with Crippen LogP contribution in [0.15, 0.2) is 53.3 Å². The van der Waals surface area contributed by atoms with Crippen LogP contribution < -0.4 is 11.0 Å². The molecule has 1 N–H and O–H groups in total. The number of nitrogens with one attached hydrogen (secondary N) is 1. The zero-order chi connectivity index (χ0) is 20.9. The first-order chi connectivity index (χ1) is 14.5. The van der Waals surface area contributed by atoms with Crippen LogP contribution in [0.25, 0.3) is 11.0 Å². The number of hydrogen-bond acceptors (Lipinski definition) is 3. The Kier molecular flexibility index (Phi) is 4.54. The molecule has 0 bridgehead atoms. The van der Waals surface area contributed by atoms with Crippen LogP contribution in [-0.4, -0.2) is 38.6 Å². The molecule has 2 saturated heterocycles. The molecule has 3 heterocycles. The number of carbonyl (C=O) groups excluding carboxylic acids is 1. The van der Waals surface area contributed by atoms with E-state index in [0.717, 1.165) is 43.5 Å². The zero-order valence-electron chi connectivity index (χ0n) is 17.6. The summed E-state index contributed by atoms with van der Waals surface area (Å²) in [5.41, 5.74) is 4.19. The maximum absolute atomic E-state index is 12.3. The number of hydrogen-bond donors (Lipinski definition) is 1. The van der Waals surface area contributed by atoms with Gasteiger partial charge in [0.15, 0.2) is 0 Å². The summed E-state index contributed by atoms with van der Waals surface area (Å²) in [4.78, 5) is 27.0. The highest BCUT2D eigenvalue weighted by Gasteiger charge is 2.49. The number of rotatable bonds is 3. The van der Waals surface area contributed by atoms with E-state index in [1.165, 1.54) is 11.1 Å². The number of fused-ring (bicyclic) bond motifs is 1. The molecule has 30 heavy (non-hydrogen) atoms. The highest BCUT2D eigenvalue weighted by Crippen LogP contribution is 2.41. The van der Waals surface area contributed by atoms with E-state index in [1.807, 2.05) is 26.2 Å². The molecule has 2 aliphatic rings. The number of aryl methyl sites for hydroxylation is 2. The van der Waals surface area contributed by atoms with Gasteiger partial charge in [-0.25, -0.2) is 4.79 Å². The van der Waals surface area contributed by atoms with Gasteiger partial charge in [-0.05, 0) is 36.1 Å². The van der Waals surface area contributed by atoms with Crippen LogP contribution in [0.2, 0.25) is 0 Å². The number of aromatic nitrogens is 2. The van der Waals surface area contributed by atoms with Crippen molar-refractivity contribution >= 4 is 16.9 Å². The number of piperidine rings is 1. The van der Waals surface area contributed by atoms with E-state index < -0.39 is 0 Å². The summed E-state index contributed by atoms with van der Waals surface area (Å²) in [5.74, 6) is 0.456. The summed E-state index contributed by atoms with van der Waals surface area (Å²) in [6, 6.07) is 16.9. The molecule has 5 rings (SSSR count). The van der Waals surface area contributed by atoms with Crippen molar-refractivity contribution in [1.29, 1.82) is 0 Å². The number of imidazole rings is 1. The zero-order valence-corrected chi connectivity index (χ0v) is 17.6. The number of nitrogens with zero attached hydrogens (tertiary/aromatic N) is 3. The van der Waals surface area contributed by atoms with Crippen molar-refractivity contribution in [3.8, 4) is 0 Å². The van der Waals surface area contributed by atoms with E-state index in [2.05, 4.69) is 46.6 Å². The van der Waals surface area contributed by atoms with Crippen LogP contribution in [-0.2, 0) is 25.4 Å². The predicted molar refractivity (Wildman–Crippen MR) is 117 cm³/mol. The number of amides is 1. The third-order valence-corrected chi connectivity index (χ3v) is 6.97. The fraction of sp³-hybridized carbons (Fsp3) is 0.417. The Bertz CT molecular complexity index is 1160. The van der Waals surface area contributed by atoms with Crippen LogP contribution in [0.5, 0.6) is 0 Å². The van der Waals surface area contributed by atoms with Crippen LogP contribution in [0.3, 0.4) is 0 Å². The second-order valence-corrected chi connectivity index (χ2v) is 8.91. The second kappa shape index (κ2) is 7.13. The van der Waals surface area contributed by atoms with Gasteiger partial charge in [0, 0.05) is 46.1 Å². The number of carbonyl (C=O) groups is 1. The minimum absolute atomic E-state index is 0.00339. The van der Waals surface area contributed by atoms with Crippen molar-refractivity contribution in [3.63, 3.8) is 0 Å². The lowest BCUT2D eigenvalue weighted by molar-refractivity contribution is -0.125. The summed E-state index contributed by atoms with van der Waals surface area (Å²) in [6.45, 7) is 2.57. The third-order valence-electron chi connectivity index (χ3n) is 6.97. The molecule has 6 nitrogen and oxygen atoms in total. The predicted octanol–water partition coefficient (Wildman–Crippen LogP) is 2.52. The quantitative estimate of drug-likeness (QED) is 0.730.